The van der Waals surface area contributed by atoms with Gasteiger partial charge in [0.15, 0.2) is 0 Å². The normalized spacial score (nSPS) is 27.5. The lowest BCUT2D eigenvalue weighted by molar-refractivity contribution is -0.171. The first-order chi connectivity index (χ1) is 8.77. The Bertz CT molecular complexity index is 422. The molecule has 1 heterocycles. The Hall–Kier alpha value is -1.72. The van der Waals surface area contributed by atoms with Gasteiger partial charge in [0.1, 0.15) is 0 Å². The van der Waals surface area contributed by atoms with Crippen LogP contribution in [0.4, 0.5) is 0 Å². The summed E-state index contributed by atoms with van der Waals surface area (Å²) >= 11 is 0. The van der Waals surface area contributed by atoms with Gasteiger partial charge in [-0.05, 0) is 6.92 Å². The molecule has 0 amide bonds. The second-order valence-corrected chi connectivity index (χ2v) is 4.14. The smallest absolute Gasteiger partial charge is 0.214 e. The lowest BCUT2D eigenvalue weighted by Crippen LogP contribution is -2.38. The molecule has 2 atom stereocenters. The van der Waals surface area contributed by atoms with Gasteiger partial charge in [0.2, 0.25) is 5.79 Å². The van der Waals surface area contributed by atoms with E-state index in [-0.39, 0.29) is 6.10 Å². The van der Waals surface area contributed by atoms with Crippen LogP contribution in [-0.2, 0) is 15.3 Å². The monoisotopic (exact) mass is 247 g/mol. The van der Waals surface area contributed by atoms with E-state index in [4.69, 9.17) is 14.9 Å². The predicted molar refractivity (Wildman–Crippen MR) is 69.9 cm³/mol. The van der Waals surface area contributed by atoms with Crippen molar-refractivity contribution in [3.05, 3.63) is 35.9 Å². The van der Waals surface area contributed by atoms with Crippen molar-refractivity contribution in [1.82, 2.24) is 5.43 Å². The van der Waals surface area contributed by atoms with E-state index in [1.54, 1.807) is 0 Å². The maximum absolute atomic E-state index is 6.86. The van der Waals surface area contributed by atoms with Gasteiger partial charge < -0.3 is 20.3 Å². The molecule has 1 aromatic carbocycles. The summed E-state index contributed by atoms with van der Waals surface area (Å²) in [6, 6.07) is 9.80. The maximum atomic E-state index is 6.86. The van der Waals surface area contributed by atoms with Crippen molar-refractivity contribution in [1.29, 1.82) is 5.41 Å². The second kappa shape index (κ2) is 5.75. The SMILES string of the molecule is C[C@@H]1CO[C@@](CN/N=C\C=N)(c2ccccc2)O1. The lowest BCUT2D eigenvalue weighted by atomic mass is 10.1. The molecule has 1 fully saturated rings. The summed E-state index contributed by atoms with van der Waals surface area (Å²) in [6.07, 6.45) is 2.54. The van der Waals surface area contributed by atoms with Gasteiger partial charge in [-0.1, -0.05) is 30.3 Å². The molecule has 18 heavy (non-hydrogen) atoms. The van der Waals surface area contributed by atoms with E-state index in [1.165, 1.54) is 6.21 Å². The number of nitrogens with zero attached hydrogens (tertiary/aromatic N) is 1. The van der Waals surface area contributed by atoms with Crippen LogP contribution in [0.15, 0.2) is 35.4 Å². The molecule has 0 aromatic heterocycles. The molecule has 1 aliphatic heterocycles. The molecule has 0 spiro atoms. The molecule has 0 aliphatic carbocycles. The molecule has 1 aliphatic rings. The molecule has 2 rings (SSSR count). The summed E-state index contributed by atoms with van der Waals surface area (Å²) in [5, 5.41) is 10.7. The summed E-state index contributed by atoms with van der Waals surface area (Å²) in [4.78, 5) is 0. The summed E-state index contributed by atoms with van der Waals surface area (Å²) < 4.78 is 11.7. The molecule has 1 aromatic rings. The van der Waals surface area contributed by atoms with E-state index in [0.717, 1.165) is 11.8 Å². The first kappa shape index (κ1) is 12.7. The summed E-state index contributed by atoms with van der Waals surface area (Å²) in [5.74, 6) is -0.792. The summed E-state index contributed by atoms with van der Waals surface area (Å²) in [6.45, 7) is 2.95. The van der Waals surface area contributed by atoms with E-state index >= 15 is 0 Å². The minimum absolute atomic E-state index is 0.0544. The molecule has 1 saturated heterocycles. The molecule has 2 N–H and O–H groups in total. The van der Waals surface area contributed by atoms with Crippen molar-refractivity contribution in [3.8, 4) is 0 Å². The lowest BCUT2D eigenvalue weighted by Gasteiger charge is -2.27. The van der Waals surface area contributed by atoms with Crippen LogP contribution in [-0.4, -0.2) is 31.7 Å². The molecule has 5 heteroatoms. The number of rotatable bonds is 5. The van der Waals surface area contributed by atoms with Crippen molar-refractivity contribution in [2.24, 2.45) is 5.10 Å². The zero-order chi connectivity index (χ0) is 12.8. The molecule has 5 nitrogen and oxygen atoms in total. The van der Waals surface area contributed by atoms with Gasteiger partial charge in [-0.2, -0.15) is 5.10 Å². The Morgan fingerprint density at radius 2 is 2.28 bits per heavy atom. The number of ether oxygens (including phenoxy) is 2. The van der Waals surface area contributed by atoms with Crippen LogP contribution in [0, 0.1) is 5.41 Å². The van der Waals surface area contributed by atoms with E-state index in [9.17, 15) is 0 Å². The highest BCUT2D eigenvalue weighted by Gasteiger charge is 2.41. The maximum Gasteiger partial charge on any atom is 0.214 e. The van der Waals surface area contributed by atoms with Crippen LogP contribution in [0.5, 0.6) is 0 Å². The molecule has 0 saturated carbocycles. The Morgan fingerprint density at radius 1 is 1.50 bits per heavy atom. The predicted octanol–water partition coefficient (Wildman–Crippen LogP) is 1.50. The second-order valence-electron chi connectivity index (χ2n) is 4.14. The molecule has 0 unspecified atom stereocenters. The van der Waals surface area contributed by atoms with Gasteiger partial charge in [0, 0.05) is 11.8 Å². The van der Waals surface area contributed by atoms with E-state index in [1.807, 2.05) is 37.3 Å². The molecular formula is C13H17N3O2. The third kappa shape index (κ3) is 2.75. The quantitative estimate of drug-likeness (QED) is 0.612. The average molecular weight is 247 g/mol. The number of hydrazone groups is 1. The standard InChI is InChI=1S/C13H17N3O2/c1-11-9-17-13(18-11,10-16-15-8-7-14)12-5-3-2-4-6-12/h2-8,11,14,16H,9-10H2,1H3/b14-7?,15-8-/t11-,13-/m1/s1. The first-order valence-corrected chi connectivity index (χ1v) is 5.89. The van der Waals surface area contributed by atoms with Crippen LogP contribution in [0.2, 0.25) is 0 Å². The van der Waals surface area contributed by atoms with Gasteiger partial charge in [-0.3, -0.25) is 0 Å². The average Bonchev–Trinajstić information content (AvgIpc) is 2.79. The number of hydrogen-bond acceptors (Lipinski definition) is 5. The number of benzene rings is 1. The van der Waals surface area contributed by atoms with Gasteiger partial charge in [0.25, 0.3) is 0 Å². The molecule has 0 radical (unpaired) electrons. The van der Waals surface area contributed by atoms with Crippen LogP contribution in [0.1, 0.15) is 12.5 Å². The van der Waals surface area contributed by atoms with Crippen molar-refractivity contribution in [3.63, 3.8) is 0 Å². The molecule has 96 valence electrons. The van der Waals surface area contributed by atoms with Crippen molar-refractivity contribution in [2.75, 3.05) is 13.2 Å². The van der Waals surface area contributed by atoms with Gasteiger partial charge in [-0.15, -0.1) is 0 Å². The van der Waals surface area contributed by atoms with E-state index in [2.05, 4.69) is 10.5 Å². The fourth-order valence-corrected chi connectivity index (χ4v) is 1.92. The third-order valence-electron chi connectivity index (χ3n) is 2.71. The highest BCUT2D eigenvalue weighted by atomic mass is 16.7. The number of hydrogen-bond donors (Lipinski definition) is 2. The molecular weight excluding hydrogens is 230 g/mol. The third-order valence-corrected chi connectivity index (χ3v) is 2.71. The van der Waals surface area contributed by atoms with E-state index < -0.39 is 5.79 Å². The Labute approximate surface area is 106 Å². The van der Waals surface area contributed by atoms with Crippen LogP contribution >= 0.6 is 0 Å². The van der Waals surface area contributed by atoms with E-state index in [0.29, 0.717) is 13.2 Å². The topological polar surface area (TPSA) is 66.7 Å². The van der Waals surface area contributed by atoms with Crippen molar-refractivity contribution < 1.29 is 9.47 Å². The zero-order valence-corrected chi connectivity index (χ0v) is 10.3. The minimum Gasteiger partial charge on any atom is -0.342 e. The Kier molecular flexibility index (Phi) is 4.07. The van der Waals surface area contributed by atoms with Crippen molar-refractivity contribution in [2.45, 2.75) is 18.8 Å². The fraction of sp³-hybridized carbons (Fsp3) is 0.385. The minimum atomic E-state index is -0.792. The van der Waals surface area contributed by atoms with Gasteiger partial charge in [0.05, 0.1) is 25.5 Å². The first-order valence-electron chi connectivity index (χ1n) is 5.89. The Balaban J connectivity index is 2.14. The van der Waals surface area contributed by atoms with Crippen LogP contribution < -0.4 is 5.43 Å². The highest BCUT2D eigenvalue weighted by Crippen LogP contribution is 2.33. The zero-order valence-electron chi connectivity index (χ0n) is 10.3. The summed E-state index contributed by atoms with van der Waals surface area (Å²) in [7, 11) is 0. The Morgan fingerprint density at radius 3 is 2.89 bits per heavy atom. The highest BCUT2D eigenvalue weighted by molar-refractivity contribution is 6.14. The largest absolute Gasteiger partial charge is 0.342 e. The number of nitrogens with one attached hydrogen (secondary N) is 2. The van der Waals surface area contributed by atoms with Gasteiger partial charge in [-0.25, -0.2) is 0 Å². The van der Waals surface area contributed by atoms with Crippen LogP contribution in [0.25, 0.3) is 0 Å². The van der Waals surface area contributed by atoms with Gasteiger partial charge >= 0.3 is 0 Å². The summed E-state index contributed by atoms with van der Waals surface area (Å²) in [5.41, 5.74) is 3.82. The van der Waals surface area contributed by atoms with Crippen LogP contribution in [0.3, 0.4) is 0 Å². The fourth-order valence-electron chi connectivity index (χ4n) is 1.92. The van der Waals surface area contributed by atoms with Crippen molar-refractivity contribution >= 4 is 12.4 Å². The molecule has 0 bridgehead atoms.